The maximum absolute atomic E-state index is 12.7. The molecule has 3 rings (SSSR count). The number of rotatable bonds is 3. The Bertz CT molecular complexity index is 839. The van der Waals surface area contributed by atoms with Gasteiger partial charge in [-0.2, -0.15) is 5.10 Å². The monoisotopic (exact) mass is 361 g/mol. The number of hydrogen-bond donors (Lipinski definition) is 1. The molecule has 1 aliphatic rings. The van der Waals surface area contributed by atoms with Crippen molar-refractivity contribution < 1.29 is 9.59 Å². The SMILES string of the molecule is C[C@@]1(c2ccccc2)NC(=O)N(/N=C\c2ccc(Cl)cc2Cl)C1=O. The van der Waals surface area contributed by atoms with Crippen LogP contribution in [0.3, 0.4) is 0 Å². The first-order chi connectivity index (χ1) is 11.4. The van der Waals surface area contributed by atoms with Gasteiger partial charge in [-0.05, 0) is 24.6 Å². The van der Waals surface area contributed by atoms with Crippen LogP contribution in [-0.2, 0) is 10.3 Å². The molecular formula is C17H13Cl2N3O2. The van der Waals surface area contributed by atoms with Gasteiger partial charge >= 0.3 is 6.03 Å². The summed E-state index contributed by atoms with van der Waals surface area (Å²) in [6.07, 6.45) is 1.35. The highest BCUT2D eigenvalue weighted by Gasteiger charge is 2.49. The molecule has 1 heterocycles. The van der Waals surface area contributed by atoms with Crippen molar-refractivity contribution in [3.05, 3.63) is 69.7 Å². The van der Waals surface area contributed by atoms with Crippen LogP contribution in [0.5, 0.6) is 0 Å². The number of hydrazone groups is 1. The molecule has 0 spiro atoms. The van der Waals surface area contributed by atoms with Gasteiger partial charge in [0, 0.05) is 10.6 Å². The highest BCUT2D eigenvalue weighted by Crippen LogP contribution is 2.29. The molecular weight excluding hydrogens is 349 g/mol. The van der Waals surface area contributed by atoms with E-state index in [1.54, 1.807) is 49.4 Å². The van der Waals surface area contributed by atoms with Gasteiger partial charge in [0.15, 0.2) is 0 Å². The number of urea groups is 1. The van der Waals surface area contributed by atoms with E-state index in [4.69, 9.17) is 23.2 Å². The third-order valence-corrected chi connectivity index (χ3v) is 4.36. The second kappa shape index (κ2) is 6.26. The Balaban J connectivity index is 1.89. The van der Waals surface area contributed by atoms with Gasteiger partial charge in [-0.25, -0.2) is 4.79 Å². The van der Waals surface area contributed by atoms with E-state index >= 15 is 0 Å². The van der Waals surface area contributed by atoms with Gasteiger partial charge in [0.2, 0.25) is 0 Å². The van der Waals surface area contributed by atoms with Gasteiger partial charge in [0.05, 0.1) is 11.2 Å². The molecule has 2 aromatic rings. The summed E-state index contributed by atoms with van der Waals surface area (Å²) in [6.45, 7) is 1.65. The first-order valence-corrected chi connectivity index (χ1v) is 7.88. The molecule has 0 aromatic heterocycles. The zero-order valence-corrected chi connectivity index (χ0v) is 14.2. The normalized spacial score (nSPS) is 20.7. The van der Waals surface area contributed by atoms with E-state index in [2.05, 4.69) is 10.4 Å². The fourth-order valence-electron chi connectivity index (χ4n) is 2.42. The summed E-state index contributed by atoms with van der Waals surface area (Å²) in [6, 6.07) is 13.3. The Kier molecular flexibility index (Phi) is 4.30. The van der Waals surface area contributed by atoms with E-state index in [0.717, 1.165) is 5.01 Å². The van der Waals surface area contributed by atoms with Crippen molar-refractivity contribution in [1.82, 2.24) is 10.3 Å². The second-order valence-electron chi connectivity index (χ2n) is 5.45. The van der Waals surface area contributed by atoms with Crippen molar-refractivity contribution in [2.24, 2.45) is 5.10 Å². The molecule has 7 heteroatoms. The van der Waals surface area contributed by atoms with E-state index in [1.165, 1.54) is 6.21 Å². The Morgan fingerprint density at radius 1 is 1.12 bits per heavy atom. The summed E-state index contributed by atoms with van der Waals surface area (Å²) in [7, 11) is 0. The van der Waals surface area contributed by atoms with E-state index in [9.17, 15) is 9.59 Å². The summed E-state index contributed by atoms with van der Waals surface area (Å²) in [4.78, 5) is 24.8. The van der Waals surface area contributed by atoms with Crippen LogP contribution in [0.1, 0.15) is 18.1 Å². The molecule has 1 saturated heterocycles. The van der Waals surface area contributed by atoms with Crippen LogP contribution in [-0.4, -0.2) is 23.2 Å². The van der Waals surface area contributed by atoms with Crippen LogP contribution in [0.2, 0.25) is 10.0 Å². The Hall–Kier alpha value is -2.37. The molecule has 24 heavy (non-hydrogen) atoms. The number of carbonyl (C=O) groups excluding carboxylic acids is 2. The van der Waals surface area contributed by atoms with Gasteiger partial charge in [-0.1, -0.05) is 59.6 Å². The summed E-state index contributed by atoms with van der Waals surface area (Å²) in [5.74, 6) is -0.458. The van der Waals surface area contributed by atoms with Crippen molar-refractivity contribution in [3.63, 3.8) is 0 Å². The molecule has 1 atom stereocenters. The molecule has 1 N–H and O–H groups in total. The molecule has 1 fully saturated rings. The van der Waals surface area contributed by atoms with Crippen LogP contribution in [0.25, 0.3) is 0 Å². The van der Waals surface area contributed by atoms with Crippen molar-refractivity contribution in [1.29, 1.82) is 0 Å². The predicted octanol–water partition coefficient (Wildman–Crippen LogP) is 3.79. The van der Waals surface area contributed by atoms with Gasteiger partial charge in [0.25, 0.3) is 5.91 Å². The Labute approximate surface area is 148 Å². The molecule has 0 bridgehead atoms. The molecule has 5 nitrogen and oxygen atoms in total. The highest BCUT2D eigenvalue weighted by molar-refractivity contribution is 6.36. The lowest BCUT2D eigenvalue weighted by atomic mass is 9.92. The van der Waals surface area contributed by atoms with Crippen LogP contribution in [0, 0.1) is 0 Å². The molecule has 122 valence electrons. The molecule has 3 amide bonds. The minimum Gasteiger partial charge on any atom is -0.318 e. The average molecular weight is 362 g/mol. The number of nitrogens with zero attached hydrogens (tertiary/aromatic N) is 2. The summed E-state index contributed by atoms with van der Waals surface area (Å²) < 4.78 is 0. The zero-order valence-electron chi connectivity index (χ0n) is 12.7. The summed E-state index contributed by atoms with van der Waals surface area (Å²) in [5, 5.41) is 8.33. The molecule has 2 aromatic carbocycles. The number of halogens is 2. The van der Waals surface area contributed by atoms with Crippen LogP contribution in [0.4, 0.5) is 4.79 Å². The first kappa shape index (κ1) is 16.5. The fourth-order valence-corrected chi connectivity index (χ4v) is 2.88. The maximum Gasteiger partial charge on any atom is 0.346 e. The van der Waals surface area contributed by atoms with Gasteiger partial charge in [-0.15, -0.1) is 5.01 Å². The molecule has 0 saturated carbocycles. The zero-order chi connectivity index (χ0) is 17.3. The van der Waals surface area contributed by atoms with Gasteiger partial charge in [-0.3, -0.25) is 4.79 Å². The number of amides is 3. The smallest absolute Gasteiger partial charge is 0.318 e. The van der Waals surface area contributed by atoms with E-state index in [0.29, 0.717) is 21.2 Å². The number of benzene rings is 2. The minimum atomic E-state index is -1.15. The van der Waals surface area contributed by atoms with E-state index in [1.807, 2.05) is 6.07 Å². The molecule has 0 radical (unpaired) electrons. The van der Waals surface area contributed by atoms with Crippen molar-refractivity contribution in [3.8, 4) is 0 Å². The van der Waals surface area contributed by atoms with Crippen molar-refractivity contribution in [2.75, 3.05) is 0 Å². The number of nitrogens with one attached hydrogen (secondary N) is 1. The van der Waals surface area contributed by atoms with Crippen LogP contribution < -0.4 is 5.32 Å². The third kappa shape index (κ3) is 2.88. The summed E-state index contributed by atoms with van der Waals surface area (Å²) >= 11 is 11.9. The lowest BCUT2D eigenvalue weighted by Gasteiger charge is -2.20. The quantitative estimate of drug-likeness (QED) is 0.667. The third-order valence-electron chi connectivity index (χ3n) is 3.80. The number of carbonyl (C=O) groups is 2. The molecule has 0 unspecified atom stereocenters. The van der Waals surface area contributed by atoms with E-state index < -0.39 is 17.5 Å². The molecule has 1 aliphatic heterocycles. The number of hydrogen-bond acceptors (Lipinski definition) is 3. The second-order valence-corrected chi connectivity index (χ2v) is 6.29. The average Bonchev–Trinajstić information content (AvgIpc) is 2.78. The Morgan fingerprint density at radius 2 is 1.83 bits per heavy atom. The number of imide groups is 1. The topological polar surface area (TPSA) is 61.8 Å². The first-order valence-electron chi connectivity index (χ1n) is 7.13. The fraction of sp³-hybridized carbons (Fsp3) is 0.118. The van der Waals surface area contributed by atoms with Crippen LogP contribution >= 0.6 is 23.2 Å². The largest absolute Gasteiger partial charge is 0.346 e. The highest BCUT2D eigenvalue weighted by atomic mass is 35.5. The lowest BCUT2D eigenvalue weighted by Crippen LogP contribution is -2.40. The Morgan fingerprint density at radius 3 is 2.50 bits per heavy atom. The lowest BCUT2D eigenvalue weighted by molar-refractivity contribution is -0.131. The molecule has 0 aliphatic carbocycles. The van der Waals surface area contributed by atoms with Crippen molar-refractivity contribution >= 4 is 41.4 Å². The van der Waals surface area contributed by atoms with E-state index in [-0.39, 0.29) is 0 Å². The van der Waals surface area contributed by atoms with Crippen LogP contribution in [0.15, 0.2) is 53.6 Å². The van der Waals surface area contributed by atoms with Gasteiger partial charge < -0.3 is 5.32 Å². The van der Waals surface area contributed by atoms with Crippen molar-refractivity contribution in [2.45, 2.75) is 12.5 Å². The minimum absolute atomic E-state index is 0.379. The van der Waals surface area contributed by atoms with Gasteiger partial charge in [0.1, 0.15) is 5.54 Å². The summed E-state index contributed by atoms with van der Waals surface area (Å²) in [5.41, 5.74) is 0.0833. The predicted molar refractivity (Wildman–Crippen MR) is 93.2 cm³/mol. The maximum atomic E-state index is 12.7. The standard InChI is InChI=1S/C17H13Cl2N3O2/c1-17(12-5-3-2-4-6-12)15(23)22(16(24)21-17)20-10-11-7-8-13(18)9-14(11)19/h2-10H,1H3,(H,21,24)/b20-10-/t17-/m0/s1.